The smallest absolute Gasteiger partial charge is 0.182 e. The number of hydrogen-bond acceptors (Lipinski definition) is 5. The van der Waals surface area contributed by atoms with Gasteiger partial charge in [-0.05, 0) is 42.9 Å². The molecule has 0 radical (unpaired) electrons. The molecule has 0 unspecified atom stereocenters. The standard InChI is InChI=1S/C26H23F2N7/c1-33-9-11-34(12-10-33)19-7-5-17(6-8-19)18-13-20-21(15-30-25(20)29-14-18)26-32-31-16-35(26)23-4-2-3-22(27)24(23)28/h2-8,13-16H,9-12H2,1H3,(H,29,30). The molecule has 0 amide bonds. The normalized spacial score (nSPS) is 14.7. The van der Waals surface area contributed by atoms with Gasteiger partial charge >= 0.3 is 0 Å². The lowest BCUT2D eigenvalue weighted by Gasteiger charge is -2.34. The van der Waals surface area contributed by atoms with Gasteiger partial charge in [-0.3, -0.25) is 4.57 Å². The Morgan fingerprint density at radius 1 is 0.943 bits per heavy atom. The van der Waals surface area contributed by atoms with E-state index in [1.807, 2.05) is 12.3 Å². The molecule has 4 heterocycles. The van der Waals surface area contributed by atoms with Gasteiger partial charge in [0.15, 0.2) is 17.5 Å². The number of benzene rings is 2. The van der Waals surface area contributed by atoms with Gasteiger partial charge in [0.25, 0.3) is 0 Å². The van der Waals surface area contributed by atoms with Gasteiger partial charge in [0.2, 0.25) is 0 Å². The summed E-state index contributed by atoms with van der Waals surface area (Å²) in [5.74, 6) is -1.48. The molecule has 1 fully saturated rings. The van der Waals surface area contributed by atoms with Crippen LogP contribution in [-0.2, 0) is 0 Å². The minimum atomic E-state index is -0.951. The van der Waals surface area contributed by atoms with Crippen molar-refractivity contribution in [2.45, 2.75) is 0 Å². The second-order valence-corrected chi connectivity index (χ2v) is 8.76. The quantitative estimate of drug-likeness (QED) is 0.418. The Labute approximate surface area is 200 Å². The average Bonchev–Trinajstić information content (AvgIpc) is 3.53. The zero-order chi connectivity index (χ0) is 23.9. The fraction of sp³-hybridized carbons (Fsp3) is 0.192. The molecule has 9 heteroatoms. The molecule has 3 aromatic heterocycles. The summed E-state index contributed by atoms with van der Waals surface area (Å²) in [7, 11) is 2.15. The van der Waals surface area contributed by atoms with Crippen LogP contribution in [0.3, 0.4) is 0 Å². The first-order chi connectivity index (χ1) is 17.1. The van der Waals surface area contributed by atoms with Crippen LogP contribution in [0.15, 0.2) is 67.3 Å². The van der Waals surface area contributed by atoms with Crippen molar-refractivity contribution in [3.8, 4) is 28.2 Å². The Kier molecular flexibility index (Phi) is 5.26. The Morgan fingerprint density at radius 2 is 1.74 bits per heavy atom. The second kappa shape index (κ2) is 8.59. The third-order valence-electron chi connectivity index (χ3n) is 6.58. The van der Waals surface area contributed by atoms with Crippen LogP contribution in [0.1, 0.15) is 0 Å². The monoisotopic (exact) mass is 471 g/mol. The van der Waals surface area contributed by atoms with E-state index in [4.69, 9.17) is 0 Å². The number of aromatic nitrogens is 5. The van der Waals surface area contributed by atoms with Crippen LogP contribution in [0.25, 0.3) is 39.2 Å². The lowest BCUT2D eigenvalue weighted by Crippen LogP contribution is -2.44. The van der Waals surface area contributed by atoms with Crippen molar-refractivity contribution < 1.29 is 8.78 Å². The first-order valence-corrected chi connectivity index (χ1v) is 11.4. The SMILES string of the molecule is CN1CCN(c2ccc(-c3cnc4[nH]cc(-c5nncn5-c5cccc(F)c5F)c4c3)cc2)CC1. The number of piperazine rings is 1. The molecule has 176 valence electrons. The number of nitrogens with zero attached hydrogens (tertiary/aromatic N) is 6. The largest absolute Gasteiger partial charge is 0.369 e. The molecule has 1 aliphatic rings. The van der Waals surface area contributed by atoms with Gasteiger partial charge < -0.3 is 14.8 Å². The van der Waals surface area contributed by atoms with Crippen molar-refractivity contribution in [1.82, 2.24) is 29.6 Å². The van der Waals surface area contributed by atoms with E-state index in [1.54, 1.807) is 6.20 Å². The summed E-state index contributed by atoms with van der Waals surface area (Å²) >= 11 is 0. The number of H-pyrrole nitrogens is 1. The molecule has 0 aliphatic carbocycles. The molecule has 0 bridgehead atoms. The van der Waals surface area contributed by atoms with Crippen molar-refractivity contribution in [3.63, 3.8) is 0 Å². The highest BCUT2D eigenvalue weighted by molar-refractivity contribution is 5.94. The minimum Gasteiger partial charge on any atom is -0.369 e. The molecule has 0 atom stereocenters. The summed E-state index contributed by atoms with van der Waals surface area (Å²) in [5, 5.41) is 8.96. The van der Waals surface area contributed by atoms with E-state index in [0.717, 1.165) is 48.8 Å². The number of nitrogens with one attached hydrogen (secondary N) is 1. The summed E-state index contributed by atoms with van der Waals surface area (Å²) in [4.78, 5) is 12.5. The average molecular weight is 472 g/mol. The molecular weight excluding hydrogens is 448 g/mol. The Morgan fingerprint density at radius 3 is 2.54 bits per heavy atom. The van der Waals surface area contributed by atoms with E-state index < -0.39 is 11.6 Å². The second-order valence-electron chi connectivity index (χ2n) is 8.76. The molecule has 2 aromatic carbocycles. The summed E-state index contributed by atoms with van der Waals surface area (Å²) in [6, 6.07) is 14.6. The molecule has 7 nitrogen and oxygen atoms in total. The maximum atomic E-state index is 14.5. The molecule has 1 N–H and O–H groups in total. The summed E-state index contributed by atoms with van der Waals surface area (Å²) in [5.41, 5.74) is 4.62. The highest BCUT2D eigenvalue weighted by Crippen LogP contribution is 2.32. The van der Waals surface area contributed by atoms with Gasteiger partial charge in [0, 0.05) is 60.8 Å². The van der Waals surface area contributed by atoms with E-state index in [0.29, 0.717) is 17.0 Å². The predicted octanol–water partition coefficient (Wildman–Crippen LogP) is 4.51. The van der Waals surface area contributed by atoms with Gasteiger partial charge in [0.1, 0.15) is 12.0 Å². The molecule has 5 aromatic rings. The summed E-state index contributed by atoms with van der Waals surface area (Å²) < 4.78 is 29.8. The highest BCUT2D eigenvalue weighted by atomic mass is 19.2. The number of fused-ring (bicyclic) bond motifs is 1. The van der Waals surface area contributed by atoms with E-state index in [2.05, 4.69) is 61.3 Å². The Bertz CT molecular complexity index is 1500. The first-order valence-electron chi connectivity index (χ1n) is 11.4. The van der Waals surface area contributed by atoms with Crippen LogP contribution in [0.5, 0.6) is 0 Å². The molecule has 0 spiro atoms. The maximum Gasteiger partial charge on any atom is 0.182 e. The van der Waals surface area contributed by atoms with Crippen molar-refractivity contribution in [1.29, 1.82) is 0 Å². The zero-order valence-corrected chi connectivity index (χ0v) is 19.1. The van der Waals surface area contributed by atoms with E-state index in [1.165, 1.54) is 28.7 Å². The van der Waals surface area contributed by atoms with Gasteiger partial charge in [-0.2, -0.15) is 0 Å². The number of halogens is 2. The molecule has 1 aliphatic heterocycles. The lowest BCUT2D eigenvalue weighted by atomic mass is 10.0. The highest BCUT2D eigenvalue weighted by Gasteiger charge is 2.19. The van der Waals surface area contributed by atoms with E-state index in [-0.39, 0.29) is 5.69 Å². The van der Waals surface area contributed by atoms with Gasteiger partial charge in [-0.1, -0.05) is 18.2 Å². The summed E-state index contributed by atoms with van der Waals surface area (Å²) in [6.45, 7) is 4.15. The third kappa shape index (κ3) is 3.83. The van der Waals surface area contributed by atoms with E-state index >= 15 is 0 Å². The Balaban J connectivity index is 1.36. The maximum absolute atomic E-state index is 14.5. The number of likely N-dealkylation sites (N-methyl/N-ethyl adjacent to an activating group) is 1. The van der Waals surface area contributed by atoms with Crippen LogP contribution < -0.4 is 4.90 Å². The summed E-state index contributed by atoms with van der Waals surface area (Å²) in [6.07, 6.45) is 4.96. The molecule has 6 rings (SSSR count). The van der Waals surface area contributed by atoms with E-state index in [9.17, 15) is 8.78 Å². The van der Waals surface area contributed by atoms with Crippen molar-refractivity contribution >= 4 is 16.7 Å². The van der Waals surface area contributed by atoms with Crippen LogP contribution >= 0.6 is 0 Å². The van der Waals surface area contributed by atoms with Crippen LogP contribution in [-0.4, -0.2) is 62.9 Å². The number of anilines is 1. The van der Waals surface area contributed by atoms with Crippen LogP contribution in [0.4, 0.5) is 14.5 Å². The van der Waals surface area contributed by atoms with Crippen molar-refractivity contribution in [3.05, 3.63) is 78.9 Å². The van der Waals surface area contributed by atoms with Gasteiger partial charge in [0.05, 0.1) is 5.69 Å². The zero-order valence-electron chi connectivity index (χ0n) is 19.1. The topological polar surface area (TPSA) is 65.9 Å². The minimum absolute atomic E-state index is 0.0444. The number of rotatable bonds is 4. The van der Waals surface area contributed by atoms with Gasteiger partial charge in [-0.25, -0.2) is 13.8 Å². The molecule has 1 saturated heterocycles. The van der Waals surface area contributed by atoms with Gasteiger partial charge in [-0.15, -0.1) is 10.2 Å². The fourth-order valence-electron chi connectivity index (χ4n) is 4.55. The Hall–Kier alpha value is -4.11. The fourth-order valence-corrected chi connectivity index (χ4v) is 4.55. The molecular formula is C26H23F2N7. The number of pyridine rings is 1. The first kappa shape index (κ1) is 21.4. The number of aromatic amines is 1. The molecule has 0 saturated carbocycles. The lowest BCUT2D eigenvalue weighted by molar-refractivity contribution is 0.313. The molecule has 35 heavy (non-hydrogen) atoms. The van der Waals surface area contributed by atoms with Crippen molar-refractivity contribution in [2.75, 3.05) is 38.1 Å². The van der Waals surface area contributed by atoms with Crippen LogP contribution in [0.2, 0.25) is 0 Å². The van der Waals surface area contributed by atoms with Crippen LogP contribution in [0, 0.1) is 11.6 Å². The predicted molar refractivity (Wildman–Crippen MR) is 132 cm³/mol. The van der Waals surface area contributed by atoms with Crippen molar-refractivity contribution in [2.24, 2.45) is 0 Å². The number of hydrogen-bond donors (Lipinski definition) is 1. The third-order valence-corrected chi connectivity index (χ3v) is 6.58.